The van der Waals surface area contributed by atoms with Crippen LogP contribution in [0, 0.1) is 18.7 Å². The van der Waals surface area contributed by atoms with Gasteiger partial charge in [-0.1, -0.05) is 12.1 Å². The molecule has 0 radical (unpaired) electrons. The predicted octanol–water partition coefficient (Wildman–Crippen LogP) is 3.45. The second-order valence-corrected chi connectivity index (χ2v) is 8.09. The predicted molar refractivity (Wildman–Crippen MR) is 111 cm³/mol. The van der Waals surface area contributed by atoms with Crippen molar-refractivity contribution < 1.29 is 13.9 Å². The van der Waals surface area contributed by atoms with Gasteiger partial charge in [-0.3, -0.25) is 9.78 Å². The smallest absolute Gasteiger partial charge is 0.257 e. The number of rotatable bonds is 4. The van der Waals surface area contributed by atoms with Gasteiger partial charge in [-0.05, 0) is 44.2 Å². The minimum atomic E-state index is -0.571. The molecule has 3 aliphatic rings. The Kier molecular flexibility index (Phi) is 5.05. The average molecular weight is 419 g/mol. The van der Waals surface area contributed by atoms with Gasteiger partial charge in [0.1, 0.15) is 11.9 Å². The first-order valence-electron chi connectivity index (χ1n) is 10.4. The van der Waals surface area contributed by atoms with Crippen molar-refractivity contribution in [1.82, 2.24) is 24.8 Å². The van der Waals surface area contributed by atoms with Gasteiger partial charge in [0.25, 0.3) is 5.91 Å². The molecule has 2 aromatic heterocycles. The fourth-order valence-electron chi connectivity index (χ4n) is 4.60. The largest absolute Gasteiger partial charge is 0.471 e. The van der Waals surface area contributed by atoms with Crippen LogP contribution in [0.1, 0.15) is 35.3 Å². The van der Waals surface area contributed by atoms with Gasteiger partial charge in [0.15, 0.2) is 5.82 Å². The molecule has 1 aliphatic carbocycles. The number of carbonyl (C=O) groups is 1. The van der Waals surface area contributed by atoms with Gasteiger partial charge in [0.2, 0.25) is 5.88 Å². The maximum atomic E-state index is 14.9. The van der Waals surface area contributed by atoms with Gasteiger partial charge in [-0.2, -0.15) is 0 Å². The molecule has 2 saturated heterocycles. The number of fused-ring (bicyclic) bond motifs is 3. The number of halogens is 1. The SMILES string of the molecule is Cc1cnc(OC2CC3CCC2N(C(=O)c2c(F)cccc2-c2ncccn2)C3)cn1. The molecule has 0 N–H and O–H groups in total. The van der Waals surface area contributed by atoms with Crippen molar-refractivity contribution in [2.45, 2.75) is 38.3 Å². The van der Waals surface area contributed by atoms with E-state index >= 15 is 0 Å². The van der Waals surface area contributed by atoms with E-state index in [-0.39, 0.29) is 23.6 Å². The van der Waals surface area contributed by atoms with Crippen molar-refractivity contribution in [3.05, 3.63) is 66.1 Å². The van der Waals surface area contributed by atoms with Crippen molar-refractivity contribution in [2.24, 2.45) is 5.92 Å². The number of benzene rings is 1. The van der Waals surface area contributed by atoms with Crippen LogP contribution in [0.2, 0.25) is 0 Å². The highest BCUT2D eigenvalue weighted by Crippen LogP contribution is 2.38. The maximum Gasteiger partial charge on any atom is 0.257 e. The molecule has 3 aromatic rings. The molecule has 6 rings (SSSR count). The summed E-state index contributed by atoms with van der Waals surface area (Å²) in [5.74, 6) is 0.160. The number of nitrogens with zero attached hydrogens (tertiary/aromatic N) is 5. The second-order valence-electron chi connectivity index (χ2n) is 8.09. The zero-order valence-corrected chi connectivity index (χ0v) is 17.1. The third kappa shape index (κ3) is 3.73. The van der Waals surface area contributed by atoms with Crippen LogP contribution in [0.3, 0.4) is 0 Å². The highest BCUT2D eigenvalue weighted by Gasteiger charge is 2.45. The number of amides is 1. The van der Waals surface area contributed by atoms with Gasteiger partial charge < -0.3 is 9.64 Å². The van der Waals surface area contributed by atoms with Gasteiger partial charge in [0, 0.05) is 24.5 Å². The van der Waals surface area contributed by atoms with Crippen molar-refractivity contribution >= 4 is 5.91 Å². The molecular formula is C23H22FN5O2. The molecule has 4 heterocycles. The Hall–Kier alpha value is -3.42. The first-order chi connectivity index (χ1) is 15.1. The van der Waals surface area contributed by atoms with Gasteiger partial charge in [-0.15, -0.1) is 0 Å². The van der Waals surface area contributed by atoms with Gasteiger partial charge >= 0.3 is 0 Å². The topological polar surface area (TPSA) is 81.1 Å². The molecule has 8 heteroatoms. The molecule has 1 aromatic carbocycles. The monoisotopic (exact) mass is 419 g/mol. The van der Waals surface area contributed by atoms with Crippen LogP contribution < -0.4 is 4.74 Å². The number of hydrogen-bond acceptors (Lipinski definition) is 6. The van der Waals surface area contributed by atoms with Crippen LogP contribution >= 0.6 is 0 Å². The summed E-state index contributed by atoms with van der Waals surface area (Å²) in [6, 6.07) is 6.10. The molecule has 1 amide bonds. The standard InChI is InChI=1S/C23H22FN5O2/c1-14-11-28-20(12-27-14)31-19-10-15-6-7-18(19)29(13-15)23(30)21-16(4-2-5-17(21)24)22-25-8-3-9-26-22/h2-5,8-9,11-12,15,18-19H,6-7,10,13H2,1H3. The lowest BCUT2D eigenvalue weighted by Crippen LogP contribution is -2.59. The fourth-order valence-corrected chi connectivity index (χ4v) is 4.60. The average Bonchev–Trinajstić information content (AvgIpc) is 2.81. The quantitative estimate of drug-likeness (QED) is 0.644. The lowest BCUT2D eigenvalue weighted by molar-refractivity contribution is -0.0316. The summed E-state index contributed by atoms with van der Waals surface area (Å²) in [4.78, 5) is 32.3. The molecule has 3 unspecified atom stereocenters. The summed E-state index contributed by atoms with van der Waals surface area (Å²) in [6.07, 6.45) is 8.91. The van der Waals surface area contributed by atoms with E-state index in [2.05, 4.69) is 19.9 Å². The minimum absolute atomic E-state index is 0.00938. The normalized spacial score (nSPS) is 22.4. The number of aryl methyl sites for hydroxylation is 1. The summed E-state index contributed by atoms with van der Waals surface area (Å²) >= 11 is 0. The van der Waals surface area contributed by atoms with Crippen LogP contribution in [-0.2, 0) is 0 Å². The van der Waals surface area contributed by atoms with E-state index in [1.165, 1.54) is 6.07 Å². The summed E-state index contributed by atoms with van der Waals surface area (Å²) in [7, 11) is 0. The van der Waals surface area contributed by atoms with Crippen LogP contribution in [-0.4, -0.2) is 49.4 Å². The van der Waals surface area contributed by atoms with E-state index in [4.69, 9.17) is 4.74 Å². The minimum Gasteiger partial charge on any atom is -0.471 e. The van der Waals surface area contributed by atoms with E-state index in [1.54, 1.807) is 47.9 Å². The molecule has 2 bridgehead atoms. The van der Waals surface area contributed by atoms with Crippen LogP contribution in [0.5, 0.6) is 5.88 Å². The maximum absolute atomic E-state index is 14.9. The Labute approximate surface area is 179 Å². The first-order valence-corrected chi connectivity index (χ1v) is 10.4. The summed E-state index contributed by atoms with van der Waals surface area (Å²) in [5.41, 5.74) is 1.22. The number of piperidine rings is 2. The third-order valence-corrected chi connectivity index (χ3v) is 6.05. The molecule has 1 saturated carbocycles. The first kappa shape index (κ1) is 19.5. The number of carbonyl (C=O) groups excluding carboxylic acids is 1. The Morgan fingerprint density at radius 1 is 1.10 bits per heavy atom. The molecule has 158 valence electrons. The number of hydrogen-bond donors (Lipinski definition) is 0. The van der Waals surface area contributed by atoms with Crippen LogP contribution in [0.15, 0.2) is 49.1 Å². The van der Waals surface area contributed by atoms with E-state index in [0.29, 0.717) is 29.7 Å². The van der Waals surface area contributed by atoms with Gasteiger partial charge in [-0.25, -0.2) is 19.3 Å². The van der Waals surface area contributed by atoms with E-state index in [9.17, 15) is 9.18 Å². The summed E-state index contributed by atoms with van der Waals surface area (Å²) in [5, 5.41) is 0. The molecule has 3 fully saturated rings. The fraction of sp³-hybridized carbons (Fsp3) is 0.348. The van der Waals surface area contributed by atoms with Crippen LogP contribution in [0.4, 0.5) is 4.39 Å². The Morgan fingerprint density at radius 3 is 2.68 bits per heavy atom. The van der Waals surface area contributed by atoms with Crippen molar-refractivity contribution in [1.29, 1.82) is 0 Å². The number of ether oxygens (including phenoxy) is 1. The van der Waals surface area contributed by atoms with E-state index in [0.717, 1.165) is 25.0 Å². The third-order valence-electron chi connectivity index (χ3n) is 6.05. The lowest BCUT2D eigenvalue weighted by Gasteiger charge is -2.49. The van der Waals surface area contributed by atoms with Crippen LogP contribution in [0.25, 0.3) is 11.4 Å². The lowest BCUT2D eigenvalue weighted by atomic mass is 9.77. The molecule has 2 aliphatic heterocycles. The van der Waals surface area contributed by atoms with Crippen molar-refractivity contribution in [2.75, 3.05) is 6.54 Å². The molecular weight excluding hydrogens is 397 g/mol. The Morgan fingerprint density at radius 2 is 1.94 bits per heavy atom. The molecule has 7 nitrogen and oxygen atoms in total. The second kappa shape index (κ2) is 8.02. The highest BCUT2D eigenvalue weighted by molar-refractivity contribution is 6.00. The number of aromatic nitrogens is 4. The van der Waals surface area contributed by atoms with Gasteiger partial charge in [0.05, 0.1) is 29.7 Å². The van der Waals surface area contributed by atoms with E-state index < -0.39 is 5.82 Å². The molecule has 0 spiro atoms. The summed E-state index contributed by atoms with van der Waals surface area (Å²) in [6.45, 7) is 2.45. The highest BCUT2D eigenvalue weighted by atomic mass is 19.1. The Bertz CT molecular complexity index is 1090. The zero-order valence-electron chi connectivity index (χ0n) is 17.1. The van der Waals surface area contributed by atoms with E-state index in [1.807, 2.05) is 6.92 Å². The zero-order chi connectivity index (χ0) is 21.4. The molecule has 3 atom stereocenters. The Balaban J connectivity index is 1.45. The van der Waals surface area contributed by atoms with Crippen molar-refractivity contribution in [3.63, 3.8) is 0 Å². The molecule has 31 heavy (non-hydrogen) atoms. The van der Waals surface area contributed by atoms with Crippen molar-refractivity contribution in [3.8, 4) is 17.3 Å². The summed E-state index contributed by atoms with van der Waals surface area (Å²) < 4.78 is 21.0.